The van der Waals surface area contributed by atoms with Crippen molar-refractivity contribution in [3.05, 3.63) is 85.1 Å². The van der Waals surface area contributed by atoms with E-state index < -0.39 is 6.10 Å². The molecule has 0 bridgehead atoms. The summed E-state index contributed by atoms with van der Waals surface area (Å²) in [7, 11) is 0. The second kappa shape index (κ2) is 65.1. The molecule has 444 valence electrons. The molecule has 0 aromatic rings. The van der Waals surface area contributed by atoms with Crippen molar-refractivity contribution in [1.82, 2.24) is 0 Å². The highest BCUT2D eigenvalue weighted by Crippen LogP contribution is 2.17. The Bertz CT molecular complexity index is 1470. The van der Waals surface area contributed by atoms with Crippen LogP contribution >= 0.6 is 0 Å². The number of hydrogen-bond acceptors (Lipinski definition) is 6. The summed E-state index contributed by atoms with van der Waals surface area (Å²) in [5.41, 5.74) is 0. The fraction of sp³-hybridized carbons (Fsp3) is 0.761. The summed E-state index contributed by atoms with van der Waals surface area (Å²) in [6.45, 7) is 6.45. The maximum Gasteiger partial charge on any atom is 0.306 e. The highest BCUT2D eigenvalue weighted by atomic mass is 16.6. The van der Waals surface area contributed by atoms with E-state index in [0.29, 0.717) is 19.3 Å². The average molecular weight is 1070 g/mol. The molecule has 1 atom stereocenters. The zero-order valence-electron chi connectivity index (χ0n) is 51.0. The van der Waals surface area contributed by atoms with E-state index in [1.807, 2.05) is 0 Å². The van der Waals surface area contributed by atoms with Crippen LogP contribution in [-0.4, -0.2) is 37.2 Å². The zero-order chi connectivity index (χ0) is 55.7. The molecule has 0 aliphatic rings. The van der Waals surface area contributed by atoms with Crippen LogP contribution in [0.3, 0.4) is 0 Å². The third-order valence-corrected chi connectivity index (χ3v) is 14.4. The highest BCUT2D eigenvalue weighted by molar-refractivity contribution is 5.71. The lowest BCUT2D eigenvalue weighted by atomic mass is 10.0. The Labute approximate surface area is 477 Å². The Morgan fingerprint density at radius 1 is 0.273 bits per heavy atom. The molecule has 0 amide bonds. The topological polar surface area (TPSA) is 78.9 Å². The smallest absolute Gasteiger partial charge is 0.306 e. The summed E-state index contributed by atoms with van der Waals surface area (Å²) in [6, 6.07) is 0. The number of ether oxygens (including phenoxy) is 3. The Balaban J connectivity index is 4.36. The van der Waals surface area contributed by atoms with E-state index in [1.54, 1.807) is 0 Å². The van der Waals surface area contributed by atoms with Gasteiger partial charge in [0.15, 0.2) is 6.10 Å². The van der Waals surface area contributed by atoms with E-state index in [1.165, 1.54) is 180 Å². The predicted octanol–water partition coefficient (Wildman–Crippen LogP) is 22.7. The first-order chi connectivity index (χ1) is 38.0. The molecule has 0 aliphatic heterocycles. The first-order valence-electron chi connectivity index (χ1n) is 33.1. The molecule has 0 spiro atoms. The van der Waals surface area contributed by atoms with Crippen LogP contribution in [0.2, 0.25) is 0 Å². The van der Waals surface area contributed by atoms with Gasteiger partial charge in [-0.2, -0.15) is 0 Å². The van der Waals surface area contributed by atoms with Crippen molar-refractivity contribution in [3.8, 4) is 0 Å². The number of allylic oxidation sites excluding steroid dienone is 14. The molecule has 0 rings (SSSR count). The van der Waals surface area contributed by atoms with Crippen LogP contribution in [0.15, 0.2) is 85.1 Å². The third-order valence-electron chi connectivity index (χ3n) is 14.4. The van der Waals surface area contributed by atoms with Gasteiger partial charge in [0, 0.05) is 19.3 Å². The van der Waals surface area contributed by atoms with Crippen molar-refractivity contribution in [2.45, 2.75) is 335 Å². The normalized spacial score (nSPS) is 12.6. The van der Waals surface area contributed by atoms with Crippen LogP contribution in [0.25, 0.3) is 0 Å². The quantitative estimate of drug-likeness (QED) is 0.0261. The van der Waals surface area contributed by atoms with Crippen LogP contribution in [-0.2, 0) is 28.6 Å². The molecule has 0 saturated heterocycles. The highest BCUT2D eigenvalue weighted by Gasteiger charge is 2.19. The van der Waals surface area contributed by atoms with Gasteiger partial charge in [-0.15, -0.1) is 0 Å². The standard InChI is InChI=1S/C71H124O6/c1-4-7-10-13-16-19-22-25-28-31-33-34-35-36-38-40-43-46-49-52-55-58-61-64-70(73)76-67-68(66-75-69(72)63-60-57-54-51-48-45-42-39-30-27-24-21-18-15-12-9-6-3)77-71(74)65-62-59-56-53-50-47-44-41-37-32-29-26-23-20-17-14-11-8-5-2/h7,9-10,12,16,18-19,21,25,27-28,30,33-34,68H,4-6,8,11,13-15,17,20,22-24,26,29,31-32,35-67H2,1-3H3/b10-7-,12-9-,19-16-,21-18-,28-25-,30-27-,34-33-. The van der Waals surface area contributed by atoms with Crippen LogP contribution in [0.4, 0.5) is 0 Å². The zero-order valence-corrected chi connectivity index (χ0v) is 51.0. The molecule has 1 unspecified atom stereocenters. The average Bonchev–Trinajstić information content (AvgIpc) is 3.43. The minimum absolute atomic E-state index is 0.0791. The maximum atomic E-state index is 12.9. The second-order valence-electron chi connectivity index (χ2n) is 22.0. The van der Waals surface area contributed by atoms with E-state index in [9.17, 15) is 14.4 Å². The molecule has 0 aromatic heterocycles. The third kappa shape index (κ3) is 63.3. The molecular weight excluding hydrogens is 949 g/mol. The van der Waals surface area contributed by atoms with Crippen molar-refractivity contribution >= 4 is 17.9 Å². The van der Waals surface area contributed by atoms with Crippen molar-refractivity contribution in [3.63, 3.8) is 0 Å². The first-order valence-corrected chi connectivity index (χ1v) is 33.1. The van der Waals surface area contributed by atoms with Gasteiger partial charge in [-0.05, 0) is 89.9 Å². The number of carbonyl (C=O) groups is 3. The van der Waals surface area contributed by atoms with Gasteiger partial charge in [0.05, 0.1) is 0 Å². The molecule has 0 heterocycles. The number of hydrogen-bond donors (Lipinski definition) is 0. The maximum absolute atomic E-state index is 12.9. The van der Waals surface area contributed by atoms with Crippen LogP contribution in [0.1, 0.15) is 329 Å². The summed E-state index contributed by atoms with van der Waals surface area (Å²) in [6.07, 6.45) is 85.9. The van der Waals surface area contributed by atoms with E-state index in [4.69, 9.17) is 14.2 Å². The SMILES string of the molecule is CC/C=C\C/C=C\C/C=C\C/C=C\CCCCCCCCCCCCC(=O)OCC(COC(=O)CCCCCCCCC/C=C\C/C=C\C/C=C\CC)OC(=O)CCCCCCCCCCCCCCCCCCCCC. The number of carbonyl (C=O) groups excluding carboxylic acids is 3. The Kier molecular flexibility index (Phi) is 62.2. The fourth-order valence-corrected chi connectivity index (χ4v) is 9.51. The molecular formula is C71H124O6. The van der Waals surface area contributed by atoms with Gasteiger partial charge in [-0.25, -0.2) is 0 Å². The Hall–Kier alpha value is -3.41. The summed E-state index contributed by atoms with van der Waals surface area (Å²) in [4.78, 5) is 38.4. The molecule has 0 fully saturated rings. The van der Waals surface area contributed by atoms with Crippen molar-refractivity contribution in [2.24, 2.45) is 0 Å². The van der Waals surface area contributed by atoms with Gasteiger partial charge in [-0.3, -0.25) is 14.4 Å². The molecule has 6 nitrogen and oxygen atoms in total. The lowest BCUT2D eigenvalue weighted by Crippen LogP contribution is -2.30. The molecule has 0 N–H and O–H groups in total. The molecule has 77 heavy (non-hydrogen) atoms. The van der Waals surface area contributed by atoms with Crippen LogP contribution < -0.4 is 0 Å². The fourth-order valence-electron chi connectivity index (χ4n) is 9.51. The van der Waals surface area contributed by atoms with E-state index in [2.05, 4.69) is 106 Å². The Morgan fingerprint density at radius 3 is 0.792 bits per heavy atom. The molecule has 0 aromatic carbocycles. The number of rotatable bonds is 60. The van der Waals surface area contributed by atoms with Gasteiger partial charge >= 0.3 is 17.9 Å². The summed E-state index contributed by atoms with van der Waals surface area (Å²) >= 11 is 0. The van der Waals surface area contributed by atoms with E-state index in [-0.39, 0.29) is 31.1 Å². The molecule has 6 heteroatoms. The number of esters is 3. The summed E-state index contributed by atoms with van der Waals surface area (Å²) < 4.78 is 17.0. The minimum atomic E-state index is -0.783. The minimum Gasteiger partial charge on any atom is -0.462 e. The largest absolute Gasteiger partial charge is 0.462 e. The van der Waals surface area contributed by atoms with Gasteiger partial charge in [0.2, 0.25) is 0 Å². The van der Waals surface area contributed by atoms with Crippen LogP contribution in [0, 0.1) is 0 Å². The first kappa shape index (κ1) is 73.6. The van der Waals surface area contributed by atoms with Crippen molar-refractivity contribution < 1.29 is 28.6 Å². The van der Waals surface area contributed by atoms with Crippen LogP contribution in [0.5, 0.6) is 0 Å². The summed E-state index contributed by atoms with van der Waals surface area (Å²) in [5, 5.41) is 0. The Morgan fingerprint density at radius 2 is 0.506 bits per heavy atom. The van der Waals surface area contributed by atoms with Gasteiger partial charge in [0.1, 0.15) is 13.2 Å². The monoisotopic (exact) mass is 1070 g/mol. The van der Waals surface area contributed by atoms with Gasteiger partial charge < -0.3 is 14.2 Å². The lowest BCUT2D eigenvalue weighted by Gasteiger charge is -2.18. The molecule has 0 radical (unpaired) electrons. The second-order valence-corrected chi connectivity index (χ2v) is 22.0. The van der Waals surface area contributed by atoms with Crippen molar-refractivity contribution in [1.29, 1.82) is 0 Å². The van der Waals surface area contributed by atoms with Gasteiger partial charge in [0.25, 0.3) is 0 Å². The lowest BCUT2D eigenvalue weighted by molar-refractivity contribution is -0.167. The summed E-state index contributed by atoms with van der Waals surface area (Å²) in [5.74, 6) is -0.875. The van der Waals surface area contributed by atoms with E-state index in [0.717, 1.165) is 109 Å². The number of unbranched alkanes of at least 4 members (excludes halogenated alkanes) is 35. The molecule has 0 aliphatic carbocycles. The van der Waals surface area contributed by atoms with Crippen molar-refractivity contribution in [2.75, 3.05) is 13.2 Å². The van der Waals surface area contributed by atoms with Gasteiger partial charge in [-0.1, -0.05) is 305 Å². The molecule has 0 saturated carbocycles. The predicted molar refractivity (Wildman–Crippen MR) is 334 cm³/mol. The van der Waals surface area contributed by atoms with E-state index >= 15 is 0 Å².